The van der Waals surface area contributed by atoms with Crippen molar-refractivity contribution in [2.45, 2.75) is 19.4 Å². The number of halogens is 1. The second-order valence-corrected chi connectivity index (χ2v) is 5.89. The second-order valence-electron chi connectivity index (χ2n) is 4.35. The molecule has 1 aromatic heterocycles. The molecule has 0 aliphatic rings. The van der Waals surface area contributed by atoms with Gasteiger partial charge in [-0.2, -0.15) is 11.8 Å². The van der Waals surface area contributed by atoms with E-state index in [0.29, 0.717) is 23.0 Å². The van der Waals surface area contributed by atoms with E-state index in [2.05, 4.69) is 10.3 Å². The third-order valence-electron chi connectivity index (χ3n) is 1.88. The van der Waals surface area contributed by atoms with Gasteiger partial charge in [0.05, 0.1) is 10.6 Å². The molecule has 0 saturated carbocycles. The van der Waals surface area contributed by atoms with Crippen LogP contribution in [0.4, 0.5) is 0 Å². The van der Waals surface area contributed by atoms with Crippen LogP contribution < -0.4 is 5.32 Å². The number of thioether (sulfide) groups is 1. The SMILES string of the molecule is CC(C)(O)CSCCNC(=O)c1cc(Cl)c[nH]1. The summed E-state index contributed by atoms with van der Waals surface area (Å²) >= 11 is 7.30. The summed E-state index contributed by atoms with van der Waals surface area (Å²) < 4.78 is 0. The molecule has 1 heterocycles. The maximum Gasteiger partial charge on any atom is 0.267 e. The van der Waals surface area contributed by atoms with Crippen molar-refractivity contribution in [2.24, 2.45) is 0 Å². The van der Waals surface area contributed by atoms with Crippen molar-refractivity contribution in [3.8, 4) is 0 Å². The quantitative estimate of drug-likeness (QED) is 0.696. The lowest BCUT2D eigenvalue weighted by atomic mass is 10.2. The number of carbonyl (C=O) groups is 1. The van der Waals surface area contributed by atoms with Gasteiger partial charge in [-0.05, 0) is 19.9 Å². The van der Waals surface area contributed by atoms with Crippen molar-refractivity contribution < 1.29 is 9.90 Å². The van der Waals surface area contributed by atoms with Crippen LogP contribution in [0.2, 0.25) is 5.02 Å². The molecule has 0 spiro atoms. The molecular weight excluding hydrogens is 260 g/mol. The summed E-state index contributed by atoms with van der Waals surface area (Å²) in [5.74, 6) is 1.25. The molecule has 0 aliphatic carbocycles. The zero-order valence-corrected chi connectivity index (χ0v) is 11.5. The molecular formula is C11H17ClN2O2S. The number of rotatable bonds is 6. The third kappa shape index (κ3) is 6.00. The number of amides is 1. The number of hydrogen-bond donors (Lipinski definition) is 3. The van der Waals surface area contributed by atoms with Crippen LogP contribution in [-0.2, 0) is 0 Å². The fourth-order valence-corrected chi connectivity index (χ4v) is 2.21. The highest BCUT2D eigenvalue weighted by Crippen LogP contribution is 2.11. The van der Waals surface area contributed by atoms with Crippen molar-refractivity contribution in [3.05, 3.63) is 23.0 Å². The van der Waals surface area contributed by atoms with Crippen LogP contribution in [0.25, 0.3) is 0 Å². The number of carbonyl (C=O) groups excluding carboxylic acids is 1. The molecule has 0 unspecified atom stereocenters. The van der Waals surface area contributed by atoms with E-state index in [1.807, 2.05) is 0 Å². The molecule has 6 heteroatoms. The standard InChI is InChI=1S/C11H17ClN2O2S/c1-11(2,16)7-17-4-3-13-10(15)9-5-8(12)6-14-9/h5-6,14,16H,3-4,7H2,1-2H3,(H,13,15). The van der Waals surface area contributed by atoms with Crippen LogP contribution in [0.3, 0.4) is 0 Å². The Kier molecular flexibility index (Phi) is 5.36. The van der Waals surface area contributed by atoms with E-state index in [-0.39, 0.29) is 5.91 Å². The first-order valence-corrected chi connectivity index (χ1v) is 6.84. The van der Waals surface area contributed by atoms with Gasteiger partial charge in [0.15, 0.2) is 0 Å². The smallest absolute Gasteiger partial charge is 0.267 e. The predicted molar refractivity (Wildman–Crippen MR) is 71.8 cm³/mol. The summed E-state index contributed by atoms with van der Waals surface area (Å²) in [6.45, 7) is 4.09. The van der Waals surface area contributed by atoms with Crippen LogP contribution >= 0.6 is 23.4 Å². The monoisotopic (exact) mass is 276 g/mol. The Hall–Kier alpha value is -0.650. The average Bonchev–Trinajstić information content (AvgIpc) is 2.62. The van der Waals surface area contributed by atoms with E-state index < -0.39 is 5.60 Å². The highest BCUT2D eigenvalue weighted by Gasteiger charge is 2.12. The second kappa shape index (κ2) is 6.33. The molecule has 0 bridgehead atoms. The molecule has 0 aliphatic heterocycles. The number of H-pyrrole nitrogens is 1. The number of aliphatic hydroxyl groups is 1. The molecule has 96 valence electrons. The van der Waals surface area contributed by atoms with Crippen LogP contribution in [0.5, 0.6) is 0 Å². The van der Waals surface area contributed by atoms with Gasteiger partial charge in [0, 0.05) is 24.2 Å². The molecule has 1 amide bonds. The average molecular weight is 277 g/mol. The zero-order valence-electron chi connectivity index (χ0n) is 9.92. The fraction of sp³-hybridized carbons (Fsp3) is 0.545. The summed E-state index contributed by atoms with van der Waals surface area (Å²) in [5, 5.41) is 12.8. The molecule has 0 fully saturated rings. The first-order chi connectivity index (χ1) is 7.88. The van der Waals surface area contributed by atoms with Gasteiger partial charge in [0.1, 0.15) is 5.69 Å². The van der Waals surface area contributed by atoms with Crippen LogP contribution in [-0.4, -0.2) is 39.6 Å². The van der Waals surface area contributed by atoms with Gasteiger partial charge in [-0.15, -0.1) is 0 Å². The minimum absolute atomic E-state index is 0.166. The van der Waals surface area contributed by atoms with Crippen LogP contribution in [0.1, 0.15) is 24.3 Å². The van der Waals surface area contributed by atoms with E-state index in [1.165, 1.54) is 0 Å². The molecule has 0 aromatic carbocycles. The lowest BCUT2D eigenvalue weighted by molar-refractivity contribution is 0.0952. The Bertz CT molecular complexity index is 374. The summed E-state index contributed by atoms with van der Waals surface area (Å²) in [6, 6.07) is 1.58. The fourth-order valence-electron chi connectivity index (χ4n) is 1.15. The van der Waals surface area contributed by atoms with Gasteiger partial charge in [0.25, 0.3) is 5.91 Å². The summed E-state index contributed by atoms with van der Waals surface area (Å²) in [4.78, 5) is 14.3. The zero-order chi connectivity index (χ0) is 12.9. The van der Waals surface area contributed by atoms with Crippen LogP contribution in [0, 0.1) is 0 Å². The Labute approximate surface area is 110 Å². The number of aromatic nitrogens is 1. The maximum atomic E-state index is 11.6. The van der Waals surface area contributed by atoms with Crippen molar-refractivity contribution in [1.82, 2.24) is 10.3 Å². The van der Waals surface area contributed by atoms with Crippen molar-refractivity contribution >= 4 is 29.3 Å². The Morgan fingerprint density at radius 3 is 2.88 bits per heavy atom. The number of aromatic amines is 1. The highest BCUT2D eigenvalue weighted by atomic mass is 35.5. The Balaban J connectivity index is 2.17. The van der Waals surface area contributed by atoms with Gasteiger partial charge >= 0.3 is 0 Å². The van der Waals surface area contributed by atoms with E-state index in [9.17, 15) is 9.90 Å². The maximum absolute atomic E-state index is 11.6. The molecule has 3 N–H and O–H groups in total. The Morgan fingerprint density at radius 1 is 1.65 bits per heavy atom. The van der Waals surface area contributed by atoms with Gasteiger partial charge in [-0.3, -0.25) is 4.79 Å². The molecule has 17 heavy (non-hydrogen) atoms. The van der Waals surface area contributed by atoms with Gasteiger partial charge in [-0.25, -0.2) is 0 Å². The summed E-state index contributed by atoms with van der Waals surface area (Å²) in [5.41, 5.74) is -0.204. The molecule has 4 nitrogen and oxygen atoms in total. The number of hydrogen-bond acceptors (Lipinski definition) is 3. The van der Waals surface area contributed by atoms with E-state index in [0.717, 1.165) is 5.75 Å². The summed E-state index contributed by atoms with van der Waals surface area (Å²) in [7, 11) is 0. The molecule has 0 atom stereocenters. The van der Waals surface area contributed by atoms with Crippen molar-refractivity contribution in [2.75, 3.05) is 18.1 Å². The lowest BCUT2D eigenvalue weighted by Gasteiger charge is -2.15. The molecule has 0 saturated heterocycles. The highest BCUT2D eigenvalue weighted by molar-refractivity contribution is 7.99. The normalized spacial score (nSPS) is 11.5. The molecule has 1 aromatic rings. The lowest BCUT2D eigenvalue weighted by Crippen LogP contribution is -2.27. The molecule has 0 radical (unpaired) electrons. The van der Waals surface area contributed by atoms with Gasteiger partial charge in [-0.1, -0.05) is 11.6 Å². The van der Waals surface area contributed by atoms with Gasteiger partial charge in [0.2, 0.25) is 0 Å². The van der Waals surface area contributed by atoms with E-state index in [4.69, 9.17) is 11.6 Å². The predicted octanol–water partition coefficient (Wildman–Crippen LogP) is 1.90. The topological polar surface area (TPSA) is 65.1 Å². The number of nitrogens with one attached hydrogen (secondary N) is 2. The van der Waals surface area contributed by atoms with E-state index in [1.54, 1.807) is 37.9 Å². The minimum atomic E-state index is -0.665. The van der Waals surface area contributed by atoms with Gasteiger partial charge < -0.3 is 15.4 Å². The third-order valence-corrected chi connectivity index (χ3v) is 3.50. The minimum Gasteiger partial charge on any atom is -0.390 e. The first kappa shape index (κ1) is 14.4. The first-order valence-electron chi connectivity index (χ1n) is 5.31. The largest absolute Gasteiger partial charge is 0.390 e. The summed E-state index contributed by atoms with van der Waals surface area (Å²) in [6.07, 6.45) is 1.57. The van der Waals surface area contributed by atoms with E-state index >= 15 is 0 Å². The molecule has 1 rings (SSSR count). The van der Waals surface area contributed by atoms with Crippen molar-refractivity contribution in [1.29, 1.82) is 0 Å². The van der Waals surface area contributed by atoms with Crippen molar-refractivity contribution in [3.63, 3.8) is 0 Å². The Morgan fingerprint density at radius 2 is 2.35 bits per heavy atom. The van der Waals surface area contributed by atoms with Crippen LogP contribution in [0.15, 0.2) is 12.3 Å².